The number of nitrogens with zero attached hydrogens (tertiary/aromatic N) is 1. The molecule has 0 unspecified atom stereocenters. The summed E-state index contributed by atoms with van der Waals surface area (Å²) >= 11 is 1.28. The van der Waals surface area contributed by atoms with Crippen molar-refractivity contribution in [1.82, 2.24) is 0 Å². The molecule has 1 aliphatic heterocycles. The number of carbonyl (C=O) groups excluding carboxylic acids is 3. The SMILES string of the molecule is CCCCOC(=O)c1ccc(N2C(=O)C[C@@H](SCCO)C2=O)cc1. The summed E-state index contributed by atoms with van der Waals surface area (Å²) in [6.45, 7) is 2.36. The van der Waals surface area contributed by atoms with E-state index in [1.165, 1.54) is 11.8 Å². The van der Waals surface area contributed by atoms with Crippen LogP contribution >= 0.6 is 11.8 Å². The zero-order chi connectivity index (χ0) is 17.5. The smallest absolute Gasteiger partial charge is 0.338 e. The summed E-state index contributed by atoms with van der Waals surface area (Å²) in [5.74, 6) is -0.545. The Morgan fingerprint density at radius 1 is 1.33 bits per heavy atom. The van der Waals surface area contributed by atoms with E-state index in [4.69, 9.17) is 9.84 Å². The monoisotopic (exact) mass is 351 g/mol. The Kier molecular flexibility index (Phi) is 6.81. The number of amides is 2. The summed E-state index contributed by atoms with van der Waals surface area (Å²) in [5.41, 5.74) is 0.836. The molecule has 1 atom stereocenters. The van der Waals surface area contributed by atoms with Crippen LogP contribution in [0.4, 0.5) is 5.69 Å². The van der Waals surface area contributed by atoms with E-state index in [1.54, 1.807) is 24.3 Å². The van der Waals surface area contributed by atoms with Gasteiger partial charge in [0.1, 0.15) is 0 Å². The highest BCUT2D eigenvalue weighted by Crippen LogP contribution is 2.29. The molecule has 6 nitrogen and oxygen atoms in total. The Labute approximate surface area is 145 Å². The van der Waals surface area contributed by atoms with Crippen molar-refractivity contribution >= 4 is 35.2 Å². The Morgan fingerprint density at radius 2 is 2.04 bits per heavy atom. The van der Waals surface area contributed by atoms with Gasteiger partial charge < -0.3 is 9.84 Å². The van der Waals surface area contributed by atoms with Gasteiger partial charge in [-0.1, -0.05) is 13.3 Å². The number of carbonyl (C=O) groups is 3. The maximum Gasteiger partial charge on any atom is 0.338 e. The van der Waals surface area contributed by atoms with Gasteiger partial charge in [0.15, 0.2) is 0 Å². The van der Waals surface area contributed by atoms with E-state index in [9.17, 15) is 14.4 Å². The molecule has 0 radical (unpaired) electrons. The molecule has 1 heterocycles. The van der Waals surface area contributed by atoms with E-state index in [-0.39, 0.29) is 24.8 Å². The summed E-state index contributed by atoms with van der Waals surface area (Å²) in [7, 11) is 0. The molecule has 1 saturated heterocycles. The molecule has 2 amide bonds. The first-order valence-electron chi connectivity index (χ1n) is 7.95. The summed E-state index contributed by atoms with van der Waals surface area (Å²) in [5, 5.41) is 8.39. The Hall–Kier alpha value is -1.86. The number of thioether (sulfide) groups is 1. The topological polar surface area (TPSA) is 83.9 Å². The van der Waals surface area contributed by atoms with Crippen molar-refractivity contribution in [1.29, 1.82) is 0 Å². The van der Waals surface area contributed by atoms with E-state index < -0.39 is 11.2 Å². The highest BCUT2D eigenvalue weighted by molar-refractivity contribution is 8.00. The van der Waals surface area contributed by atoms with Crippen LogP contribution in [0.1, 0.15) is 36.5 Å². The van der Waals surface area contributed by atoms with Crippen LogP contribution in [0.2, 0.25) is 0 Å². The van der Waals surface area contributed by atoms with Crippen LogP contribution in [0.5, 0.6) is 0 Å². The summed E-state index contributed by atoms with van der Waals surface area (Å²) < 4.78 is 5.12. The van der Waals surface area contributed by atoms with Crippen LogP contribution in [0, 0.1) is 0 Å². The molecule has 1 aliphatic rings. The van der Waals surface area contributed by atoms with Crippen LogP contribution in [0.3, 0.4) is 0 Å². The average molecular weight is 351 g/mol. The molecule has 1 fully saturated rings. The fourth-order valence-corrected chi connectivity index (χ4v) is 3.24. The minimum absolute atomic E-state index is 0.0303. The fourth-order valence-electron chi connectivity index (χ4n) is 2.34. The number of unbranched alkanes of at least 4 members (excludes halogenated alkanes) is 1. The number of imide groups is 1. The summed E-state index contributed by atoms with van der Waals surface area (Å²) in [6.07, 6.45) is 1.89. The predicted molar refractivity (Wildman–Crippen MR) is 92.1 cm³/mol. The van der Waals surface area contributed by atoms with Gasteiger partial charge in [-0.15, -0.1) is 11.8 Å². The lowest BCUT2D eigenvalue weighted by molar-refractivity contribution is -0.121. The zero-order valence-corrected chi connectivity index (χ0v) is 14.4. The second kappa shape index (κ2) is 8.84. The normalized spacial score (nSPS) is 17.4. The third kappa shape index (κ3) is 4.36. The Balaban J connectivity index is 2.03. The van der Waals surface area contributed by atoms with Crippen molar-refractivity contribution in [3.05, 3.63) is 29.8 Å². The van der Waals surface area contributed by atoms with Crippen molar-refractivity contribution in [3.8, 4) is 0 Å². The second-order valence-electron chi connectivity index (χ2n) is 5.39. The number of benzene rings is 1. The number of anilines is 1. The molecular formula is C17H21NO5S. The standard InChI is InChI=1S/C17H21NO5S/c1-2-3-9-23-17(22)12-4-6-13(7-5-12)18-15(20)11-14(16(18)21)24-10-8-19/h4-7,14,19H,2-3,8-11H2,1H3/t14-/m1/s1. The van der Waals surface area contributed by atoms with E-state index >= 15 is 0 Å². The van der Waals surface area contributed by atoms with Crippen molar-refractivity contribution in [2.75, 3.05) is 23.9 Å². The third-order valence-corrected chi connectivity index (χ3v) is 4.80. The second-order valence-corrected chi connectivity index (χ2v) is 6.70. The highest BCUT2D eigenvalue weighted by atomic mass is 32.2. The molecule has 0 aliphatic carbocycles. The summed E-state index contributed by atoms with van der Waals surface area (Å²) in [4.78, 5) is 37.4. The van der Waals surface area contributed by atoms with Gasteiger partial charge in [-0.2, -0.15) is 0 Å². The number of rotatable bonds is 8. The highest BCUT2D eigenvalue weighted by Gasteiger charge is 2.39. The van der Waals surface area contributed by atoms with Crippen molar-refractivity contribution in [2.24, 2.45) is 0 Å². The molecule has 24 heavy (non-hydrogen) atoms. The van der Waals surface area contributed by atoms with Gasteiger partial charge in [0, 0.05) is 12.2 Å². The zero-order valence-electron chi connectivity index (χ0n) is 13.6. The Bertz CT molecular complexity index is 602. The number of hydrogen-bond acceptors (Lipinski definition) is 6. The van der Waals surface area contributed by atoms with Gasteiger partial charge >= 0.3 is 5.97 Å². The molecular weight excluding hydrogens is 330 g/mol. The van der Waals surface area contributed by atoms with E-state index in [2.05, 4.69) is 0 Å². The maximum absolute atomic E-state index is 12.3. The lowest BCUT2D eigenvalue weighted by Crippen LogP contribution is -2.31. The molecule has 130 valence electrons. The number of ether oxygens (including phenoxy) is 1. The molecule has 1 aromatic rings. The lowest BCUT2D eigenvalue weighted by Gasteiger charge is -2.15. The largest absolute Gasteiger partial charge is 0.462 e. The lowest BCUT2D eigenvalue weighted by atomic mass is 10.2. The summed E-state index contributed by atoms with van der Waals surface area (Å²) in [6, 6.07) is 6.26. The van der Waals surface area contributed by atoms with Gasteiger partial charge in [0.25, 0.3) is 0 Å². The van der Waals surface area contributed by atoms with Crippen molar-refractivity contribution < 1.29 is 24.2 Å². The molecule has 0 saturated carbocycles. The Morgan fingerprint density at radius 3 is 2.67 bits per heavy atom. The average Bonchev–Trinajstić information content (AvgIpc) is 2.87. The number of esters is 1. The van der Waals surface area contributed by atoms with Crippen molar-refractivity contribution in [3.63, 3.8) is 0 Å². The quantitative estimate of drug-likeness (QED) is 0.438. The van der Waals surface area contributed by atoms with Gasteiger partial charge in [-0.05, 0) is 30.7 Å². The number of aliphatic hydroxyl groups excluding tert-OH is 1. The van der Waals surface area contributed by atoms with Gasteiger partial charge in [0.05, 0.1) is 29.7 Å². The first kappa shape index (κ1) is 18.5. The molecule has 1 N–H and O–H groups in total. The van der Waals surface area contributed by atoms with E-state index in [0.29, 0.717) is 23.6 Å². The minimum Gasteiger partial charge on any atom is -0.462 e. The van der Waals surface area contributed by atoms with Gasteiger partial charge in [0.2, 0.25) is 11.8 Å². The third-order valence-electron chi connectivity index (χ3n) is 3.61. The molecule has 2 rings (SSSR count). The minimum atomic E-state index is -0.455. The molecule has 0 bridgehead atoms. The predicted octanol–water partition coefficient (Wildman–Crippen LogP) is 2.00. The van der Waals surface area contributed by atoms with Gasteiger partial charge in [-0.25, -0.2) is 9.69 Å². The first-order chi connectivity index (χ1) is 11.6. The maximum atomic E-state index is 12.3. The molecule has 0 aromatic heterocycles. The fraction of sp³-hybridized carbons (Fsp3) is 0.471. The van der Waals surface area contributed by atoms with Crippen LogP contribution in [-0.4, -0.2) is 47.1 Å². The van der Waals surface area contributed by atoms with Crippen LogP contribution in [0.25, 0.3) is 0 Å². The van der Waals surface area contributed by atoms with Crippen LogP contribution in [0.15, 0.2) is 24.3 Å². The van der Waals surface area contributed by atoms with E-state index in [1.807, 2.05) is 6.92 Å². The van der Waals surface area contributed by atoms with Crippen LogP contribution in [-0.2, 0) is 14.3 Å². The van der Waals surface area contributed by atoms with Crippen LogP contribution < -0.4 is 4.90 Å². The first-order valence-corrected chi connectivity index (χ1v) is 8.99. The van der Waals surface area contributed by atoms with Crippen molar-refractivity contribution in [2.45, 2.75) is 31.4 Å². The number of aliphatic hydroxyl groups is 1. The van der Waals surface area contributed by atoms with Gasteiger partial charge in [-0.3, -0.25) is 9.59 Å². The number of hydrogen-bond donors (Lipinski definition) is 1. The molecule has 1 aromatic carbocycles. The molecule has 0 spiro atoms. The van der Waals surface area contributed by atoms with E-state index in [0.717, 1.165) is 17.7 Å². The molecule has 7 heteroatoms.